The largest absolute Gasteiger partial charge is 0.481 e. The van der Waals surface area contributed by atoms with Gasteiger partial charge in [0.1, 0.15) is 4.83 Å². The summed E-state index contributed by atoms with van der Waals surface area (Å²) >= 11 is 1.44. The number of fused-ring (bicyclic) bond motifs is 1. The van der Waals surface area contributed by atoms with Crippen molar-refractivity contribution in [1.29, 1.82) is 0 Å². The van der Waals surface area contributed by atoms with Gasteiger partial charge in [-0.25, -0.2) is 0 Å². The van der Waals surface area contributed by atoms with Gasteiger partial charge >= 0.3 is 5.97 Å². The van der Waals surface area contributed by atoms with Crippen LogP contribution in [0.2, 0.25) is 0 Å². The summed E-state index contributed by atoms with van der Waals surface area (Å²) in [6.45, 7) is 6.46. The molecule has 2 atom stereocenters. The highest BCUT2D eigenvalue weighted by molar-refractivity contribution is 7.20. The van der Waals surface area contributed by atoms with Crippen LogP contribution in [0.1, 0.15) is 54.9 Å². The van der Waals surface area contributed by atoms with E-state index in [1.165, 1.54) is 11.3 Å². The molecule has 1 N–H and O–H groups in total. The van der Waals surface area contributed by atoms with Crippen LogP contribution < -0.4 is 0 Å². The lowest BCUT2D eigenvalue weighted by Gasteiger charge is -2.36. The Bertz CT molecular complexity index is 792. The Kier molecular flexibility index (Phi) is 4.38. The first-order chi connectivity index (χ1) is 11.3. The molecule has 6 nitrogen and oxygen atoms in total. The van der Waals surface area contributed by atoms with Gasteiger partial charge in [0.05, 0.1) is 16.5 Å². The van der Waals surface area contributed by atoms with Crippen molar-refractivity contribution >= 4 is 33.4 Å². The Balaban J connectivity index is 1.93. The fourth-order valence-corrected chi connectivity index (χ4v) is 4.37. The van der Waals surface area contributed by atoms with Crippen LogP contribution in [-0.4, -0.2) is 44.3 Å². The van der Waals surface area contributed by atoms with Crippen LogP contribution in [-0.2, 0) is 11.8 Å². The summed E-state index contributed by atoms with van der Waals surface area (Å²) in [7, 11) is 1.89. The number of rotatable bonds is 3. The molecule has 0 aliphatic carbocycles. The lowest BCUT2D eigenvalue weighted by Crippen LogP contribution is -2.47. The maximum absolute atomic E-state index is 13.0. The monoisotopic (exact) mass is 349 g/mol. The van der Waals surface area contributed by atoms with Gasteiger partial charge in [0.2, 0.25) is 0 Å². The standard InChI is InChI=1S/C17H23N3O3S/c1-9(2)14-12-7-13(24-16(12)19(4)18-14)15(21)20-8-11(17(22)23)6-5-10(20)3/h7,9-11H,5-6,8H2,1-4H3,(H,22,23). The summed E-state index contributed by atoms with van der Waals surface area (Å²) in [5, 5.41) is 14.8. The summed E-state index contributed by atoms with van der Waals surface area (Å²) in [4.78, 5) is 27.6. The van der Waals surface area contributed by atoms with E-state index >= 15 is 0 Å². The third-order valence-corrected chi connectivity index (χ3v) is 5.98. The molecule has 0 saturated carbocycles. The molecule has 1 saturated heterocycles. The number of likely N-dealkylation sites (tertiary alicyclic amines) is 1. The van der Waals surface area contributed by atoms with Gasteiger partial charge < -0.3 is 10.0 Å². The van der Waals surface area contributed by atoms with Crippen molar-refractivity contribution in [1.82, 2.24) is 14.7 Å². The second-order valence-electron chi connectivity index (χ2n) is 6.91. The number of nitrogens with zero attached hydrogens (tertiary/aromatic N) is 3. The molecule has 0 bridgehead atoms. The number of aryl methyl sites for hydroxylation is 1. The number of aliphatic carboxylic acids is 1. The Morgan fingerprint density at radius 1 is 1.38 bits per heavy atom. The van der Waals surface area contributed by atoms with Gasteiger partial charge in [0, 0.05) is 25.0 Å². The van der Waals surface area contributed by atoms with Crippen LogP contribution in [0, 0.1) is 5.92 Å². The zero-order valence-corrected chi connectivity index (χ0v) is 15.3. The summed E-state index contributed by atoms with van der Waals surface area (Å²) < 4.78 is 1.83. The summed E-state index contributed by atoms with van der Waals surface area (Å²) in [6, 6.07) is 1.99. The lowest BCUT2D eigenvalue weighted by molar-refractivity contribution is -0.143. The van der Waals surface area contributed by atoms with E-state index in [1.54, 1.807) is 4.90 Å². The second-order valence-corrected chi connectivity index (χ2v) is 7.94. The van der Waals surface area contributed by atoms with Crippen LogP contribution in [0.15, 0.2) is 6.07 Å². The molecule has 1 aliphatic rings. The van der Waals surface area contributed by atoms with E-state index in [0.717, 1.165) is 22.3 Å². The number of amides is 1. The maximum atomic E-state index is 13.0. The number of aromatic nitrogens is 2. The van der Waals surface area contributed by atoms with E-state index in [2.05, 4.69) is 18.9 Å². The van der Waals surface area contributed by atoms with E-state index in [4.69, 9.17) is 0 Å². The lowest BCUT2D eigenvalue weighted by atomic mass is 9.93. The van der Waals surface area contributed by atoms with Crippen LogP contribution in [0.3, 0.4) is 0 Å². The molecular weight excluding hydrogens is 326 g/mol. The number of carbonyl (C=O) groups excluding carboxylic acids is 1. The highest BCUT2D eigenvalue weighted by Gasteiger charge is 2.34. The average molecular weight is 349 g/mol. The second kappa shape index (κ2) is 6.20. The fraction of sp³-hybridized carbons (Fsp3) is 0.588. The molecule has 3 heterocycles. The van der Waals surface area contributed by atoms with E-state index in [0.29, 0.717) is 17.8 Å². The SMILES string of the molecule is CC(C)c1nn(C)c2sc(C(=O)N3CC(C(=O)O)CCC3C)cc12. The molecule has 1 aliphatic heterocycles. The number of carboxylic acid groups (broad SMARTS) is 1. The van der Waals surface area contributed by atoms with E-state index in [1.807, 2.05) is 24.7 Å². The highest BCUT2D eigenvalue weighted by atomic mass is 32.1. The van der Waals surface area contributed by atoms with Crippen LogP contribution >= 0.6 is 11.3 Å². The molecular formula is C17H23N3O3S. The van der Waals surface area contributed by atoms with Crippen LogP contribution in [0.4, 0.5) is 0 Å². The molecule has 0 spiro atoms. The smallest absolute Gasteiger partial charge is 0.308 e. The molecule has 2 aromatic rings. The van der Waals surface area contributed by atoms with Gasteiger partial charge in [-0.2, -0.15) is 5.10 Å². The minimum atomic E-state index is -0.817. The zero-order chi connectivity index (χ0) is 17.6. The number of piperidine rings is 1. The van der Waals surface area contributed by atoms with Gasteiger partial charge in [-0.05, 0) is 31.7 Å². The predicted molar refractivity (Wildman–Crippen MR) is 93.5 cm³/mol. The molecule has 1 fully saturated rings. The van der Waals surface area contributed by atoms with Gasteiger partial charge in [0.25, 0.3) is 5.91 Å². The number of carboxylic acids is 1. The van der Waals surface area contributed by atoms with Gasteiger partial charge in [-0.15, -0.1) is 11.3 Å². The fourth-order valence-electron chi connectivity index (χ4n) is 3.33. The van der Waals surface area contributed by atoms with Gasteiger partial charge in [0.15, 0.2) is 0 Å². The first-order valence-electron chi connectivity index (χ1n) is 8.29. The molecule has 2 aromatic heterocycles. The summed E-state index contributed by atoms with van der Waals surface area (Å²) in [6.07, 6.45) is 1.36. The molecule has 2 unspecified atom stereocenters. The van der Waals surface area contributed by atoms with Crippen molar-refractivity contribution in [3.63, 3.8) is 0 Å². The first-order valence-corrected chi connectivity index (χ1v) is 9.11. The number of carbonyl (C=O) groups is 2. The van der Waals surface area contributed by atoms with Crippen LogP contribution in [0.25, 0.3) is 10.2 Å². The van der Waals surface area contributed by atoms with Crippen molar-refractivity contribution in [3.05, 3.63) is 16.6 Å². The van der Waals surface area contributed by atoms with Crippen molar-refractivity contribution in [2.45, 2.75) is 45.6 Å². The summed E-state index contributed by atoms with van der Waals surface area (Å²) in [5.41, 5.74) is 0.998. The maximum Gasteiger partial charge on any atom is 0.308 e. The van der Waals surface area contributed by atoms with E-state index in [9.17, 15) is 14.7 Å². The topological polar surface area (TPSA) is 75.4 Å². The van der Waals surface area contributed by atoms with E-state index in [-0.39, 0.29) is 17.9 Å². The third kappa shape index (κ3) is 2.81. The molecule has 0 radical (unpaired) electrons. The van der Waals surface area contributed by atoms with Gasteiger partial charge in [-0.3, -0.25) is 14.3 Å². The first kappa shape index (κ1) is 17.0. The zero-order valence-electron chi connectivity index (χ0n) is 14.4. The van der Waals surface area contributed by atoms with Gasteiger partial charge in [-0.1, -0.05) is 13.8 Å². The van der Waals surface area contributed by atoms with Crippen molar-refractivity contribution in [2.75, 3.05) is 6.54 Å². The average Bonchev–Trinajstić information content (AvgIpc) is 3.07. The highest BCUT2D eigenvalue weighted by Crippen LogP contribution is 2.33. The predicted octanol–water partition coefficient (Wildman–Crippen LogP) is 3.08. The number of thiophene rings is 1. The molecule has 1 amide bonds. The Morgan fingerprint density at radius 2 is 2.08 bits per heavy atom. The molecule has 7 heteroatoms. The minimum absolute atomic E-state index is 0.0654. The Hall–Kier alpha value is -1.89. The quantitative estimate of drug-likeness (QED) is 0.924. The third-order valence-electron chi connectivity index (χ3n) is 4.79. The van der Waals surface area contributed by atoms with Crippen molar-refractivity contribution < 1.29 is 14.7 Å². The van der Waals surface area contributed by atoms with Crippen LogP contribution in [0.5, 0.6) is 0 Å². The molecule has 24 heavy (non-hydrogen) atoms. The Morgan fingerprint density at radius 3 is 2.71 bits per heavy atom. The Labute approximate surface area is 145 Å². The minimum Gasteiger partial charge on any atom is -0.481 e. The molecule has 0 aromatic carbocycles. The van der Waals surface area contributed by atoms with E-state index < -0.39 is 11.9 Å². The summed E-state index contributed by atoms with van der Waals surface area (Å²) in [5.74, 6) is -1.06. The number of hydrogen-bond acceptors (Lipinski definition) is 4. The normalized spacial score (nSPS) is 21.6. The van der Waals surface area contributed by atoms with Crippen molar-refractivity contribution in [2.24, 2.45) is 13.0 Å². The molecule has 130 valence electrons. The number of hydrogen-bond donors (Lipinski definition) is 1. The molecule has 3 rings (SSSR count). The van der Waals surface area contributed by atoms with Crippen molar-refractivity contribution in [3.8, 4) is 0 Å².